The Hall–Kier alpha value is -3.81. The fourth-order valence-electron chi connectivity index (χ4n) is 4.24. The zero-order valence-corrected chi connectivity index (χ0v) is 21.8. The van der Waals surface area contributed by atoms with Gasteiger partial charge in [0.05, 0.1) is 5.69 Å². The standard InChI is InChI=1S/C26H18N2O7S3/c29-26-20(15-17-9-4-5-11-22(17)36)27-25(16-7-2-1-3-8-16)28(26)21-14-13-18-19(24(21)38(33,34)35)10-6-12-23(18)37(30,31)32/h1-15,36H,(H,30,31,32)(H,33,34,35). The lowest BCUT2D eigenvalue weighted by Crippen LogP contribution is -2.34. The molecule has 9 nitrogen and oxygen atoms in total. The van der Waals surface area contributed by atoms with Crippen molar-refractivity contribution in [1.82, 2.24) is 0 Å². The minimum absolute atomic E-state index is 0.0153. The lowest BCUT2D eigenvalue weighted by molar-refractivity contribution is -0.113. The van der Waals surface area contributed by atoms with E-state index in [9.17, 15) is 30.7 Å². The summed E-state index contributed by atoms with van der Waals surface area (Å²) in [4.78, 5) is 18.6. The van der Waals surface area contributed by atoms with Crippen molar-refractivity contribution in [2.24, 2.45) is 4.99 Å². The van der Waals surface area contributed by atoms with Gasteiger partial charge < -0.3 is 0 Å². The van der Waals surface area contributed by atoms with Gasteiger partial charge in [0.15, 0.2) is 0 Å². The average Bonchev–Trinajstić information content (AvgIpc) is 3.19. The third kappa shape index (κ3) is 4.64. The first-order valence-electron chi connectivity index (χ1n) is 11.0. The molecule has 0 radical (unpaired) electrons. The maximum Gasteiger partial charge on any atom is 0.297 e. The molecular formula is C26H18N2O7S3. The number of fused-ring (bicyclic) bond motifs is 1. The summed E-state index contributed by atoms with van der Waals surface area (Å²) in [5.74, 6) is -0.593. The van der Waals surface area contributed by atoms with Crippen LogP contribution >= 0.6 is 12.6 Å². The van der Waals surface area contributed by atoms with E-state index in [1.807, 2.05) is 0 Å². The van der Waals surface area contributed by atoms with Crippen molar-refractivity contribution in [3.8, 4) is 0 Å². The summed E-state index contributed by atoms with van der Waals surface area (Å²) in [6, 6.07) is 21.6. The zero-order chi connectivity index (χ0) is 27.2. The van der Waals surface area contributed by atoms with Gasteiger partial charge in [0.2, 0.25) is 0 Å². The SMILES string of the molecule is O=C1C(=Cc2ccccc2S)N=C(c2ccccc2)N1c1ccc2c(S(=O)(=O)O)cccc2c1S(=O)(=O)O. The van der Waals surface area contributed by atoms with Crippen LogP contribution < -0.4 is 4.90 Å². The van der Waals surface area contributed by atoms with Crippen molar-refractivity contribution < 1.29 is 30.7 Å². The summed E-state index contributed by atoms with van der Waals surface area (Å²) in [5.41, 5.74) is 0.820. The smallest absolute Gasteiger partial charge is 0.282 e. The fraction of sp³-hybridized carbons (Fsp3) is 0. The van der Waals surface area contributed by atoms with E-state index in [1.165, 1.54) is 30.3 Å². The third-order valence-electron chi connectivity index (χ3n) is 5.85. The normalized spacial score (nSPS) is 15.3. The Bertz CT molecular complexity index is 1900. The molecule has 0 aliphatic carbocycles. The highest BCUT2D eigenvalue weighted by molar-refractivity contribution is 7.86. The largest absolute Gasteiger partial charge is 0.297 e. The summed E-state index contributed by atoms with van der Waals surface area (Å²) in [6.07, 6.45) is 1.51. The topological polar surface area (TPSA) is 141 Å². The molecule has 0 saturated heterocycles. The van der Waals surface area contributed by atoms with E-state index >= 15 is 0 Å². The minimum Gasteiger partial charge on any atom is -0.282 e. The molecule has 0 unspecified atom stereocenters. The number of carbonyl (C=O) groups excluding carboxylic acids is 1. The Kier molecular flexibility index (Phi) is 6.45. The van der Waals surface area contributed by atoms with Gasteiger partial charge in [0, 0.05) is 21.2 Å². The van der Waals surface area contributed by atoms with Gasteiger partial charge in [0.1, 0.15) is 21.3 Å². The number of hydrogen-bond acceptors (Lipinski definition) is 7. The average molecular weight is 567 g/mol. The van der Waals surface area contributed by atoms with Gasteiger partial charge in [-0.3, -0.25) is 18.8 Å². The maximum absolute atomic E-state index is 13.8. The van der Waals surface area contributed by atoms with Gasteiger partial charge in [-0.05, 0) is 29.8 Å². The lowest BCUT2D eigenvalue weighted by Gasteiger charge is -2.22. The second kappa shape index (κ2) is 9.49. The first-order valence-corrected chi connectivity index (χ1v) is 14.3. The van der Waals surface area contributed by atoms with Crippen molar-refractivity contribution in [2.45, 2.75) is 14.7 Å². The Labute approximate surface area is 223 Å². The number of amides is 1. The van der Waals surface area contributed by atoms with Crippen molar-refractivity contribution in [3.63, 3.8) is 0 Å². The van der Waals surface area contributed by atoms with Crippen molar-refractivity contribution >= 4 is 67.1 Å². The first-order chi connectivity index (χ1) is 18.0. The summed E-state index contributed by atoms with van der Waals surface area (Å²) in [6.45, 7) is 0. The number of amidine groups is 1. The highest BCUT2D eigenvalue weighted by atomic mass is 32.2. The fourth-order valence-corrected chi connectivity index (χ4v) is 6.05. The van der Waals surface area contributed by atoms with Crippen LogP contribution in [0.25, 0.3) is 16.8 Å². The number of nitrogens with zero attached hydrogens (tertiary/aromatic N) is 2. The molecule has 0 saturated carbocycles. The van der Waals surface area contributed by atoms with Crippen molar-refractivity contribution in [2.75, 3.05) is 4.90 Å². The summed E-state index contributed by atoms with van der Waals surface area (Å²) in [7, 11) is -9.76. The molecule has 0 atom stereocenters. The van der Waals surface area contributed by atoms with Crippen LogP contribution in [0.4, 0.5) is 5.69 Å². The van der Waals surface area contributed by atoms with Crippen LogP contribution in [0.1, 0.15) is 11.1 Å². The van der Waals surface area contributed by atoms with Gasteiger partial charge in [0.25, 0.3) is 26.1 Å². The monoisotopic (exact) mass is 566 g/mol. The molecule has 1 heterocycles. The van der Waals surface area contributed by atoms with Crippen molar-refractivity contribution in [1.29, 1.82) is 0 Å². The van der Waals surface area contributed by atoms with Gasteiger partial charge in [-0.15, -0.1) is 12.6 Å². The molecule has 192 valence electrons. The quantitative estimate of drug-likeness (QED) is 0.184. The number of hydrogen-bond donors (Lipinski definition) is 3. The molecule has 1 aliphatic rings. The summed E-state index contributed by atoms with van der Waals surface area (Å²) < 4.78 is 69.2. The van der Waals surface area contributed by atoms with Gasteiger partial charge in [-0.2, -0.15) is 16.8 Å². The van der Waals surface area contributed by atoms with Crippen LogP contribution in [-0.2, 0) is 25.0 Å². The predicted molar refractivity (Wildman–Crippen MR) is 146 cm³/mol. The highest BCUT2D eigenvalue weighted by Gasteiger charge is 2.37. The zero-order valence-electron chi connectivity index (χ0n) is 19.3. The lowest BCUT2D eigenvalue weighted by atomic mass is 10.1. The predicted octanol–water partition coefficient (Wildman–Crippen LogP) is 4.46. The molecule has 0 bridgehead atoms. The molecule has 5 rings (SSSR count). The van der Waals surface area contributed by atoms with Gasteiger partial charge in [-0.25, -0.2) is 4.99 Å². The number of benzene rings is 4. The number of thiol groups is 1. The molecule has 1 aliphatic heterocycles. The minimum atomic E-state index is -5.03. The molecule has 38 heavy (non-hydrogen) atoms. The molecule has 4 aromatic carbocycles. The molecule has 2 N–H and O–H groups in total. The van der Waals surface area contributed by atoms with Crippen LogP contribution in [0.15, 0.2) is 110 Å². The highest BCUT2D eigenvalue weighted by Crippen LogP contribution is 2.39. The van der Waals surface area contributed by atoms with Crippen molar-refractivity contribution in [3.05, 3.63) is 102 Å². The Balaban J connectivity index is 1.81. The van der Waals surface area contributed by atoms with Crippen LogP contribution in [-0.4, -0.2) is 37.7 Å². The molecular weight excluding hydrogens is 548 g/mol. The number of aliphatic imine (C=N–C) groups is 1. The third-order valence-corrected chi connectivity index (χ3v) is 8.11. The Morgan fingerprint density at radius 3 is 2.11 bits per heavy atom. The van der Waals surface area contributed by atoms with E-state index in [2.05, 4.69) is 17.6 Å². The van der Waals surface area contributed by atoms with E-state index in [0.717, 1.165) is 11.0 Å². The molecule has 4 aromatic rings. The second-order valence-corrected chi connectivity index (χ2v) is 11.5. The number of carbonyl (C=O) groups is 1. The van der Waals surface area contributed by atoms with E-state index in [1.54, 1.807) is 54.6 Å². The maximum atomic E-state index is 13.8. The van der Waals surface area contributed by atoms with E-state index < -0.39 is 35.9 Å². The Morgan fingerprint density at radius 2 is 1.45 bits per heavy atom. The van der Waals surface area contributed by atoms with E-state index in [-0.39, 0.29) is 28.0 Å². The summed E-state index contributed by atoms with van der Waals surface area (Å²) >= 11 is 4.41. The first kappa shape index (κ1) is 25.8. The number of rotatable bonds is 5. The second-order valence-electron chi connectivity index (χ2n) is 8.25. The van der Waals surface area contributed by atoms with Crippen LogP contribution in [0.3, 0.4) is 0 Å². The molecule has 1 amide bonds. The van der Waals surface area contributed by atoms with Crippen LogP contribution in [0.5, 0.6) is 0 Å². The van der Waals surface area contributed by atoms with Gasteiger partial charge >= 0.3 is 0 Å². The van der Waals surface area contributed by atoms with Crippen LogP contribution in [0.2, 0.25) is 0 Å². The molecule has 0 fully saturated rings. The van der Waals surface area contributed by atoms with Crippen LogP contribution in [0, 0.1) is 0 Å². The Morgan fingerprint density at radius 1 is 0.763 bits per heavy atom. The van der Waals surface area contributed by atoms with Gasteiger partial charge in [-0.1, -0.05) is 66.7 Å². The number of anilines is 1. The molecule has 0 aromatic heterocycles. The van der Waals surface area contributed by atoms with E-state index in [0.29, 0.717) is 16.0 Å². The van der Waals surface area contributed by atoms with E-state index in [4.69, 9.17) is 0 Å². The molecule has 12 heteroatoms. The summed E-state index contributed by atoms with van der Waals surface area (Å²) in [5, 5.41) is -0.366. The molecule has 0 spiro atoms.